The van der Waals surface area contributed by atoms with E-state index in [2.05, 4.69) is 5.32 Å². The highest BCUT2D eigenvalue weighted by atomic mass is 32.2. The van der Waals surface area contributed by atoms with Gasteiger partial charge in [0, 0.05) is 6.04 Å². The summed E-state index contributed by atoms with van der Waals surface area (Å²) in [7, 11) is -4.02. The molecule has 2 rings (SSSR count). The fraction of sp³-hybridized carbons (Fsp3) is 0.467. The fourth-order valence-electron chi connectivity index (χ4n) is 2.21. The Kier molecular flexibility index (Phi) is 9.19. The minimum absolute atomic E-state index is 0. The van der Waals surface area contributed by atoms with Gasteiger partial charge in [0.1, 0.15) is 0 Å². The minimum atomic E-state index is -4.02. The van der Waals surface area contributed by atoms with Gasteiger partial charge in [0.25, 0.3) is 10.1 Å². The predicted molar refractivity (Wildman–Crippen MR) is 88.8 cm³/mol. The van der Waals surface area contributed by atoms with Gasteiger partial charge in [0.2, 0.25) is 0 Å². The van der Waals surface area contributed by atoms with E-state index >= 15 is 0 Å². The summed E-state index contributed by atoms with van der Waals surface area (Å²) in [5.74, 6) is -1.54. The van der Waals surface area contributed by atoms with Gasteiger partial charge in [0.05, 0.1) is 4.90 Å². The second kappa shape index (κ2) is 10.0. The molecule has 6 N–H and O–H groups in total. The van der Waals surface area contributed by atoms with Crippen LogP contribution in [0.1, 0.15) is 37.7 Å². The molecule has 0 atom stereocenters. The summed E-state index contributed by atoms with van der Waals surface area (Å²) in [5.41, 5.74) is 5.76. The monoisotopic (exact) mass is 360 g/mol. The van der Waals surface area contributed by atoms with Crippen molar-refractivity contribution in [2.75, 3.05) is 0 Å². The molecule has 0 unspecified atom stereocenters. The molecule has 8 nitrogen and oxygen atoms in total. The predicted octanol–water partition coefficient (Wildman–Crippen LogP) is 0.338. The molecule has 1 saturated carbocycles. The van der Waals surface area contributed by atoms with Gasteiger partial charge in [-0.15, -0.1) is 0 Å². The lowest BCUT2D eigenvalue weighted by molar-refractivity contribution is -0.137. The number of rotatable bonds is 2. The van der Waals surface area contributed by atoms with Crippen molar-refractivity contribution < 1.29 is 28.0 Å². The number of benzene rings is 1. The SMILES string of the molecule is Cc1ccc(S(=O)(=O)O)cc1.NC(=O)C(=O)NC1CCCCC1.O. The zero-order valence-corrected chi connectivity index (χ0v) is 14.3. The van der Waals surface area contributed by atoms with Crippen molar-refractivity contribution in [3.05, 3.63) is 29.8 Å². The third-order valence-corrected chi connectivity index (χ3v) is 4.35. The minimum Gasteiger partial charge on any atom is -0.412 e. The Morgan fingerprint density at radius 3 is 2.04 bits per heavy atom. The van der Waals surface area contributed by atoms with Gasteiger partial charge >= 0.3 is 11.8 Å². The van der Waals surface area contributed by atoms with Crippen LogP contribution in [0.2, 0.25) is 0 Å². The molecule has 0 radical (unpaired) electrons. The molecule has 1 aliphatic carbocycles. The second-order valence-electron chi connectivity index (χ2n) is 5.46. The van der Waals surface area contributed by atoms with Crippen molar-refractivity contribution in [2.24, 2.45) is 5.73 Å². The molecular formula is C15H24N2O6S. The summed E-state index contributed by atoms with van der Waals surface area (Å²) in [6, 6.07) is 6.15. The summed E-state index contributed by atoms with van der Waals surface area (Å²) in [6.45, 7) is 1.84. The summed E-state index contributed by atoms with van der Waals surface area (Å²) in [5, 5.41) is 2.60. The van der Waals surface area contributed by atoms with Gasteiger partial charge in [-0.2, -0.15) is 8.42 Å². The van der Waals surface area contributed by atoms with Gasteiger partial charge in [-0.05, 0) is 31.9 Å². The van der Waals surface area contributed by atoms with Crippen LogP contribution in [0.4, 0.5) is 0 Å². The summed E-state index contributed by atoms with van der Waals surface area (Å²) >= 11 is 0. The van der Waals surface area contributed by atoms with Crippen molar-refractivity contribution in [2.45, 2.75) is 50.0 Å². The highest BCUT2D eigenvalue weighted by Gasteiger charge is 2.17. The van der Waals surface area contributed by atoms with Crippen molar-refractivity contribution >= 4 is 21.9 Å². The van der Waals surface area contributed by atoms with Crippen LogP contribution in [0, 0.1) is 6.92 Å². The van der Waals surface area contributed by atoms with Crippen LogP contribution >= 0.6 is 0 Å². The lowest BCUT2D eigenvalue weighted by Crippen LogP contribution is -2.43. The topological polar surface area (TPSA) is 158 Å². The zero-order chi connectivity index (χ0) is 17.5. The molecule has 1 aromatic rings. The Morgan fingerprint density at radius 1 is 1.12 bits per heavy atom. The van der Waals surface area contributed by atoms with E-state index in [1.54, 1.807) is 12.1 Å². The van der Waals surface area contributed by atoms with E-state index in [-0.39, 0.29) is 16.4 Å². The lowest BCUT2D eigenvalue weighted by atomic mass is 9.95. The van der Waals surface area contributed by atoms with Crippen molar-refractivity contribution in [1.82, 2.24) is 5.32 Å². The smallest absolute Gasteiger partial charge is 0.309 e. The molecule has 24 heavy (non-hydrogen) atoms. The molecule has 0 aliphatic heterocycles. The first-order valence-corrected chi connectivity index (χ1v) is 8.78. The Hall–Kier alpha value is -1.97. The normalized spacial score (nSPS) is 14.6. The van der Waals surface area contributed by atoms with Crippen LogP contribution in [-0.4, -0.2) is 36.3 Å². The van der Waals surface area contributed by atoms with Crippen LogP contribution in [0.3, 0.4) is 0 Å². The molecule has 136 valence electrons. The molecule has 0 bridgehead atoms. The molecule has 1 aromatic carbocycles. The van der Waals surface area contributed by atoms with Gasteiger partial charge in [-0.25, -0.2) is 0 Å². The van der Waals surface area contributed by atoms with E-state index in [4.69, 9.17) is 10.3 Å². The number of carbonyl (C=O) groups is 2. The average molecular weight is 360 g/mol. The summed E-state index contributed by atoms with van der Waals surface area (Å²) in [6.07, 6.45) is 5.42. The van der Waals surface area contributed by atoms with Crippen LogP contribution < -0.4 is 11.1 Å². The highest BCUT2D eigenvalue weighted by Crippen LogP contribution is 2.17. The third-order valence-electron chi connectivity index (χ3n) is 3.48. The van der Waals surface area contributed by atoms with E-state index in [1.807, 2.05) is 6.92 Å². The van der Waals surface area contributed by atoms with Gasteiger partial charge in [-0.3, -0.25) is 14.1 Å². The number of aryl methyl sites for hydroxylation is 1. The Bertz CT molecular complexity index is 636. The molecule has 0 spiro atoms. The van der Waals surface area contributed by atoms with Crippen LogP contribution in [-0.2, 0) is 19.7 Å². The van der Waals surface area contributed by atoms with E-state index in [0.29, 0.717) is 0 Å². The van der Waals surface area contributed by atoms with Crippen molar-refractivity contribution in [1.29, 1.82) is 0 Å². The van der Waals surface area contributed by atoms with Crippen LogP contribution in [0.25, 0.3) is 0 Å². The fourth-order valence-corrected chi connectivity index (χ4v) is 2.69. The van der Waals surface area contributed by atoms with E-state index < -0.39 is 21.9 Å². The summed E-state index contributed by atoms with van der Waals surface area (Å²) in [4.78, 5) is 21.1. The first kappa shape index (κ1) is 22.0. The maximum absolute atomic E-state index is 10.8. The number of primary amides is 1. The second-order valence-corrected chi connectivity index (χ2v) is 6.88. The van der Waals surface area contributed by atoms with E-state index in [9.17, 15) is 18.0 Å². The molecule has 1 fully saturated rings. The zero-order valence-electron chi connectivity index (χ0n) is 13.5. The molecule has 0 heterocycles. The highest BCUT2D eigenvalue weighted by molar-refractivity contribution is 7.85. The van der Waals surface area contributed by atoms with Crippen LogP contribution in [0.15, 0.2) is 29.2 Å². The van der Waals surface area contributed by atoms with Gasteiger partial charge in [0.15, 0.2) is 0 Å². The average Bonchev–Trinajstić information content (AvgIpc) is 2.48. The Labute approximate surface area is 141 Å². The van der Waals surface area contributed by atoms with Gasteiger partial charge < -0.3 is 16.5 Å². The molecular weight excluding hydrogens is 336 g/mol. The van der Waals surface area contributed by atoms with Crippen LogP contribution in [0.5, 0.6) is 0 Å². The first-order chi connectivity index (χ1) is 10.7. The number of hydrogen-bond acceptors (Lipinski definition) is 4. The molecule has 9 heteroatoms. The molecule has 2 amide bonds. The van der Waals surface area contributed by atoms with Crippen molar-refractivity contribution in [3.63, 3.8) is 0 Å². The van der Waals surface area contributed by atoms with Gasteiger partial charge in [-0.1, -0.05) is 37.0 Å². The molecule has 1 aliphatic rings. The quantitative estimate of drug-likeness (QED) is 0.511. The number of hydrogen-bond donors (Lipinski definition) is 3. The largest absolute Gasteiger partial charge is 0.412 e. The third kappa shape index (κ3) is 8.04. The van der Waals surface area contributed by atoms with Crippen molar-refractivity contribution in [3.8, 4) is 0 Å². The molecule has 0 aromatic heterocycles. The van der Waals surface area contributed by atoms with E-state index in [1.165, 1.54) is 18.6 Å². The number of carbonyl (C=O) groups excluding carboxylic acids is 2. The molecule has 0 saturated heterocycles. The summed E-state index contributed by atoms with van der Waals surface area (Å²) < 4.78 is 29.6. The first-order valence-electron chi connectivity index (χ1n) is 7.34. The standard InChI is InChI=1S/C8H14N2O2.C7H8O3S.H2O/c9-7(11)8(12)10-6-4-2-1-3-5-6;1-6-2-4-7(5-3-6)11(8,9)10;/h6H,1-5H2,(H2,9,11)(H,10,12);2-5H,1H3,(H,8,9,10);1H2. The Morgan fingerprint density at radius 2 is 1.62 bits per heavy atom. The maximum Gasteiger partial charge on any atom is 0.309 e. The lowest BCUT2D eigenvalue weighted by Gasteiger charge is -2.21. The Balaban J connectivity index is 0.000000425. The number of nitrogens with one attached hydrogen (secondary N) is 1. The number of nitrogens with two attached hydrogens (primary N) is 1. The van der Waals surface area contributed by atoms with E-state index in [0.717, 1.165) is 31.2 Å². The maximum atomic E-state index is 10.8. The number of amides is 2.